The van der Waals surface area contributed by atoms with Gasteiger partial charge in [-0.1, -0.05) is 39.0 Å². The second kappa shape index (κ2) is 8.27. The average molecular weight is 265 g/mol. The second-order valence-corrected chi connectivity index (χ2v) is 4.83. The van der Waals surface area contributed by atoms with Gasteiger partial charge in [0.1, 0.15) is 5.78 Å². The van der Waals surface area contributed by atoms with E-state index in [-0.39, 0.29) is 28.9 Å². The Morgan fingerprint density at radius 1 is 1.25 bits per heavy atom. The Morgan fingerprint density at radius 2 is 1.81 bits per heavy atom. The van der Waals surface area contributed by atoms with E-state index in [0.29, 0.717) is 11.7 Å². The fourth-order valence-electron chi connectivity index (χ4n) is 2.61. The smallest absolute Gasteiger partial charge is 0.110 e. The molecule has 0 spiro atoms. The summed E-state index contributed by atoms with van der Waals surface area (Å²) in [6.07, 6.45) is 6.48. The summed E-state index contributed by atoms with van der Waals surface area (Å²) in [5.74, 6) is 1.33. The van der Waals surface area contributed by atoms with E-state index in [1.54, 1.807) is 0 Å². The summed E-state index contributed by atoms with van der Waals surface area (Å²) in [5, 5.41) is 2.96. The van der Waals surface area contributed by atoms with Crippen LogP contribution >= 0.6 is 0 Å². The number of hydrogen-bond donors (Lipinski definition) is 1. The predicted molar refractivity (Wildman–Crippen MR) is 63.3 cm³/mol. The summed E-state index contributed by atoms with van der Waals surface area (Å²) >= 11 is 0. The van der Waals surface area contributed by atoms with E-state index in [1.807, 2.05) is 20.5 Å². The maximum Gasteiger partial charge on any atom is 0.110 e. The van der Waals surface area contributed by atoms with Gasteiger partial charge in [0.05, 0.1) is 0 Å². The molecule has 1 aliphatic rings. The van der Waals surface area contributed by atoms with Gasteiger partial charge < -0.3 is 10.1 Å². The van der Waals surface area contributed by atoms with Gasteiger partial charge >= 0.3 is 0 Å². The molecule has 1 aliphatic carbocycles. The maximum absolute atomic E-state index is 12.1. The van der Waals surface area contributed by atoms with Gasteiger partial charge in [-0.05, 0) is 25.8 Å². The molecule has 1 radical (unpaired) electrons. The van der Waals surface area contributed by atoms with Crippen LogP contribution in [0.4, 0.5) is 0 Å². The molecule has 2 unspecified atom stereocenters. The van der Waals surface area contributed by atoms with Crippen molar-refractivity contribution < 1.29 is 21.9 Å². The second-order valence-electron chi connectivity index (χ2n) is 4.83. The average Bonchev–Trinajstić information content (AvgIpc) is 2.28. The largest absolute Gasteiger partial charge is 0.472 e. The van der Waals surface area contributed by atoms with Crippen LogP contribution in [-0.4, -0.2) is 12.8 Å². The zero-order valence-corrected chi connectivity index (χ0v) is 11.8. The third-order valence-electron chi connectivity index (χ3n) is 3.67. The zero-order valence-electron chi connectivity index (χ0n) is 10.6. The van der Waals surface area contributed by atoms with E-state index >= 15 is 0 Å². The molecule has 3 heteroatoms. The molecule has 0 amide bonds. The number of ketones is 1. The first-order valence-electron chi connectivity index (χ1n) is 6.21. The van der Waals surface area contributed by atoms with E-state index in [1.165, 1.54) is 32.1 Å². The first-order valence-corrected chi connectivity index (χ1v) is 6.21. The molecule has 95 valence electrons. The van der Waals surface area contributed by atoms with Gasteiger partial charge in [0.15, 0.2) is 0 Å². The minimum absolute atomic E-state index is 0. The summed E-state index contributed by atoms with van der Waals surface area (Å²) < 4.78 is 0. The van der Waals surface area contributed by atoms with Gasteiger partial charge in [0, 0.05) is 23.0 Å². The zero-order chi connectivity index (χ0) is 11.3. The first-order chi connectivity index (χ1) is 7.16. The SMILES string of the molecule is CN[CH-]C(C)C(=O)C(C)C1CCCCC1.[Mn]. The van der Waals surface area contributed by atoms with Crippen molar-refractivity contribution in [2.24, 2.45) is 17.8 Å². The maximum atomic E-state index is 12.1. The molecular weight excluding hydrogens is 241 g/mol. The van der Waals surface area contributed by atoms with Crippen LogP contribution in [0.25, 0.3) is 0 Å². The minimum Gasteiger partial charge on any atom is -0.472 e. The monoisotopic (exact) mass is 265 g/mol. The molecule has 0 aromatic carbocycles. The number of carbonyl (C=O) groups is 1. The van der Waals surface area contributed by atoms with Gasteiger partial charge in [-0.25, -0.2) is 0 Å². The minimum atomic E-state index is 0. The molecule has 0 aliphatic heterocycles. The fourth-order valence-corrected chi connectivity index (χ4v) is 2.61. The Morgan fingerprint density at radius 3 is 2.31 bits per heavy atom. The Bertz CT molecular complexity index is 202. The van der Waals surface area contributed by atoms with E-state index in [2.05, 4.69) is 12.2 Å². The van der Waals surface area contributed by atoms with Gasteiger partial charge in [-0.2, -0.15) is 0 Å². The van der Waals surface area contributed by atoms with Crippen molar-refractivity contribution in [2.45, 2.75) is 46.0 Å². The summed E-state index contributed by atoms with van der Waals surface area (Å²) in [6, 6.07) is 0. The molecule has 0 aromatic heterocycles. The standard InChI is InChI=1S/C13H24NO.Mn/c1-10(9-14-3)13(15)11(2)12-7-5-4-6-8-12;/h9-12,14H,4-8H2,1-3H3;/q-1;. The van der Waals surface area contributed by atoms with E-state index < -0.39 is 0 Å². The third-order valence-corrected chi connectivity index (χ3v) is 3.67. The van der Waals surface area contributed by atoms with Crippen LogP contribution < -0.4 is 5.32 Å². The van der Waals surface area contributed by atoms with Crippen molar-refractivity contribution in [2.75, 3.05) is 7.05 Å². The van der Waals surface area contributed by atoms with Gasteiger partial charge in [-0.3, -0.25) is 6.54 Å². The third kappa shape index (κ3) is 4.57. The normalized spacial score (nSPS) is 20.9. The van der Waals surface area contributed by atoms with Crippen LogP contribution in [0.1, 0.15) is 46.0 Å². The molecule has 1 N–H and O–H groups in total. The van der Waals surface area contributed by atoms with Crippen LogP contribution in [0, 0.1) is 24.3 Å². The predicted octanol–water partition coefficient (Wildman–Crippen LogP) is 2.79. The molecule has 16 heavy (non-hydrogen) atoms. The molecule has 0 aromatic rings. The van der Waals surface area contributed by atoms with E-state index in [9.17, 15) is 4.79 Å². The molecule has 1 fully saturated rings. The van der Waals surface area contributed by atoms with Crippen molar-refractivity contribution in [3.05, 3.63) is 6.54 Å². The molecular formula is C13H24MnNO-. The molecule has 0 heterocycles. The van der Waals surface area contributed by atoms with Gasteiger partial charge in [-0.15, -0.1) is 0 Å². The Labute approximate surface area is 110 Å². The Kier molecular flexibility index (Phi) is 8.35. The van der Waals surface area contributed by atoms with Gasteiger partial charge in [0.2, 0.25) is 0 Å². The summed E-state index contributed by atoms with van der Waals surface area (Å²) in [7, 11) is 1.86. The summed E-state index contributed by atoms with van der Waals surface area (Å²) in [4.78, 5) is 12.1. The molecule has 1 rings (SSSR count). The molecule has 1 saturated carbocycles. The van der Waals surface area contributed by atoms with Crippen molar-refractivity contribution >= 4 is 5.78 Å². The van der Waals surface area contributed by atoms with Crippen molar-refractivity contribution in [1.29, 1.82) is 0 Å². The quantitative estimate of drug-likeness (QED) is 0.611. The number of rotatable bonds is 5. The molecule has 0 saturated heterocycles. The number of carbonyl (C=O) groups excluding carboxylic acids is 1. The van der Waals surface area contributed by atoms with Crippen molar-refractivity contribution in [3.8, 4) is 0 Å². The van der Waals surface area contributed by atoms with Crippen molar-refractivity contribution in [1.82, 2.24) is 5.32 Å². The number of Topliss-reactive ketones (excluding diaryl/α,β-unsaturated/α-hetero) is 1. The Hall–Kier alpha value is 0.149. The van der Waals surface area contributed by atoms with Crippen LogP contribution in [0.5, 0.6) is 0 Å². The molecule has 0 bridgehead atoms. The number of nitrogens with one attached hydrogen (secondary N) is 1. The Balaban J connectivity index is 0.00000225. The molecule has 2 atom stereocenters. The van der Waals surface area contributed by atoms with Gasteiger partial charge in [0.25, 0.3) is 0 Å². The fraction of sp³-hybridized carbons (Fsp3) is 0.846. The molecule has 2 nitrogen and oxygen atoms in total. The summed E-state index contributed by atoms with van der Waals surface area (Å²) in [5.41, 5.74) is 0. The van der Waals surface area contributed by atoms with Crippen LogP contribution in [0.2, 0.25) is 0 Å². The van der Waals surface area contributed by atoms with Crippen LogP contribution in [-0.2, 0) is 21.9 Å². The van der Waals surface area contributed by atoms with Crippen molar-refractivity contribution in [3.63, 3.8) is 0 Å². The van der Waals surface area contributed by atoms with E-state index in [0.717, 1.165) is 0 Å². The number of hydrogen-bond acceptors (Lipinski definition) is 2. The van der Waals surface area contributed by atoms with E-state index in [4.69, 9.17) is 0 Å². The topological polar surface area (TPSA) is 29.1 Å². The summed E-state index contributed by atoms with van der Waals surface area (Å²) in [6.45, 7) is 5.98. The van der Waals surface area contributed by atoms with Crippen LogP contribution in [0.3, 0.4) is 0 Å². The van der Waals surface area contributed by atoms with Crippen LogP contribution in [0.15, 0.2) is 0 Å². The first kappa shape index (κ1) is 16.1.